The van der Waals surface area contributed by atoms with Crippen LogP contribution in [0.1, 0.15) is 17.3 Å². The summed E-state index contributed by atoms with van der Waals surface area (Å²) in [6.07, 6.45) is 0. The molecule has 1 aliphatic heterocycles. The minimum atomic E-state index is -0.816. The number of benzene rings is 2. The van der Waals surface area contributed by atoms with E-state index in [0.717, 1.165) is 0 Å². The minimum absolute atomic E-state index is 0.0755. The van der Waals surface area contributed by atoms with Crippen LogP contribution in [0.3, 0.4) is 0 Å². The average Bonchev–Trinajstić information content (AvgIpc) is 3.03. The summed E-state index contributed by atoms with van der Waals surface area (Å²) < 4.78 is 10.4. The first-order valence-corrected chi connectivity index (χ1v) is 7.16. The van der Waals surface area contributed by atoms with E-state index >= 15 is 0 Å². The fourth-order valence-electron chi connectivity index (χ4n) is 2.14. The number of carbonyl (C=O) groups excluding carboxylic acids is 3. The Labute approximate surface area is 137 Å². The number of rotatable bonds is 3. The molecule has 0 aliphatic carbocycles. The zero-order valence-corrected chi connectivity index (χ0v) is 12.8. The van der Waals surface area contributed by atoms with E-state index in [2.05, 4.69) is 10.6 Å². The van der Waals surface area contributed by atoms with Crippen molar-refractivity contribution in [2.75, 3.05) is 17.4 Å². The van der Waals surface area contributed by atoms with Gasteiger partial charge in [-0.15, -0.1) is 0 Å². The molecule has 2 aromatic carbocycles. The second-order valence-electron chi connectivity index (χ2n) is 5.11. The Morgan fingerprint density at radius 1 is 0.833 bits per heavy atom. The van der Waals surface area contributed by atoms with Crippen LogP contribution in [0.5, 0.6) is 11.5 Å². The lowest BCUT2D eigenvalue weighted by Gasteiger charge is -2.07. The summed E-state index contributed by atoms with van der Waals surface area (Å²) in [6.45, 7) is 1.58. The van der Waals surface area contributed by atoms with Crippen LogP contribution in [0.2, 0.25) is 0 Å². The lowest BCUT2D eigenvalue weighted by Crippen LogP contribution is -2.29. The molecule has 0 aromatic heterocycles. The van der Waals surface area contributed by atoms with E-state index in [1.54, 1.807) is 42.5 Å². The Kier molecular flexibility index (Phi) is 4.15. The number of amides is 2. The molecular weight excluding hydrogens is 312 g/mol. The van der Waals surface area contributed by atoms with Gasteiger partial charge in [0.1, 0.15) is 0 Å². The molecule has 0 unspecified atom stereocenters. The van der Waals surface area contributed by atoms with Gasteiger partial charge in [-0.3, -0.25) is 14.4 Å². The fourth-order valence-corrected chi connectivity index (χ4v) is 2.14. The normalized spacial score (nSPS) is 11.7. The van der Waals surface area contributed by atoms with Crippen molar-refractivity contribution < 1.29 is 23.9 Å². The SMILES string of the molecule is CC(=O)c1ccc(NC(=O)C(=O)Nc2ccc3c(c2)OCO3)cc1. The van der Waals surface area contributed by atoms with E-state index in [1.165, 1.54) is 6.92 Å². The fraction of sp³-hybridized carbons (Fsp3) is 0.118. The zero-order chi connectivity index (χ0) is 17.1. The van der Waals surface area contributed by atoms with E-state index in [-0.39, 0.29) is 12.6 Å². The predicted molar refractivity (Wildman–Crippen MR) is 86.3 cm³/mol. The molecule has 0 radical (unpaired) electrons. The van der Waals surface area contributed by atoms with Crippen LogP contribution in [0.4, 0.5) is 11.4 Å². The molecule has 24 heavy (non-hydrogen) atoms. The number of Topliss-reactive ketones (excluding diaryl/α,β-unsaturated/α-hetero) is 1. The lowest BCUT2D eigenvalue weighted by atomic mass is 10.1. The summed E-state index contributed by atoms with van der Waals surface area (Å²) in [4.78, 5) is 35.1. The standard InChI is InChI=1S/C17H14N2O5/c1-10(20)11-2-4-12(5-3-11)18-16(21)17(22)19-13-6-7-14-15(8-13)24-9-23-14/h2-8H,9H2,1H3,(H,18,21)(H,19,22). The smallest absolute Gasteiger partial charge is 0.314 e. The van der Waals surface area contributed by atoms with Crippen molar-refractivity contribution >= 4 is 29.0 Å². The van der Waals surface area contributed by atoms with Gasteiger partial charge in [-0.2, -0.15) is 0 Å². The molecule has 122 valence electrons. The van der Waals surface area contributed by atoms with Crippen LogP contribution in [0, 0.1) is 0 Å². The lowest BCUT2D eigenvalue weighted by molar-refractivity contribution is -0.132. The number of fused-ring (bicyclic) bond motifs is 1. The Bertz CT molecular complexity index is 814. The van der Waals surface area contributed by atoms with Crippen LogP contribution in [-0.4, -0.2) is 24.4 Å². The van der Waals surface area contributed by atoms with Gasteiger partial charge in [0.15, 0.2) is 17.3 Å². The number of hydrogen-bond donors (Lipinski definition) is 2. The molecule has 0 bridgehead atoms. The molecule has 0 saturated heterocycles. The Balaban J connectivity index is 1.62. The van der Waals surface area contributed by atoms with Crippen molar-refractivity contribution in [2.24, 2.45) is 0 Å². The summed E-state index contributed by atoms with van der Waals surface area (Å²) >= 11 is 0. The van der Waals surface area contributed by atoms with E-state index in [4.69, 9.17) is 9.47 Å². The number of anilines is 2. The molecule has 2 aromatic rings. The Morgan fingerprint density at radius 2 is 1.42 bits per heavy atom. The van der Waals surface area contributed by atoms with Crippen molar-refractivity contribution in [3.05, 3.63) is 48.0 Å². The molecule has 7 nitrogen and oxygen atoms in total. The maximum Gasteiger partial charge on any atom is 0.314 e. The highest BCUT2D eigenvalue weighted by molar-refractivity contribution is 6.43. The van der Waals surface area contributed by atoms with Crippen molar-refractivity contribution in [1.82, 2.24) is 0 Å². The Morgan fingerprint density at radius 3 is 2.08 bits per heavy atom. The molecule has 1 aliphatic rings. The zero-order valence-electron chi connectivity index (χ0n) is 12.8. The van der Waals surface area contributed by atoms with Gasteiger partial charge in [0.25, 0.3) is 0 Å². The van der Waals surface area contributed by atoms with E-state index in [9.17, 15) is 14.4 Å². The van der Waals surface area contributed by atoms with Crippen LogP contribution < -0.4 is 20.1 Å². The molecule has 0 saturated carbocycles. The Hall–Kier alpha value is -3.35. The molecule has 1 heterocycles. The van der Waals surface area contributed by atoms with E-state index < -0.39 is 11.8 Å². The van der Waals surface area contributed by atoms with Gasteiger partial charge in [-0.25, -0.2) is 0 Å². The molecule has 0 spiro atoms. The van der Waals surface area contributed by atoms with E-state index in [1.807, 2.05) is 0 Å². The van der Waals surface area contributed by atoms with Crippen LogP contribution in [-0.2, 0) is 9.59 Å². The molecule has 0 atom stereocenters. The molecular formula is C17H14N2O5. The number of hydrogen-bond acceptors (Lipinski definition) is 5. The predicted octanol–water partition coefficient (Wildman–Crippen LogP) is 2.20. The topological polar surface area (TPSA) is 93.7 Å². The molecule has 2 amide bonds. The van der Waals surface area contributed by atoms with Gasteiger partial charge < -0.3 is 20.1 Å². The third-order valence-corrected chi connectivity index (χ3v) is 3.39. The second kappa shape index (κ2) is 6.41. The summed E-state index contributed by atoms with van der Waals surface area (Å²) in [5.41, 5.74) is 1.37. The highest BCUT2D eigenvalue weighted by atomic mass is 16.7. The quantitative estimate of drug-likeness (QED) is 0.666. The minimum Gasteiger partial charge on any atom is -0.454 e. The first-order valence-electron chi connectivity index (χ1n) is 7.16. The van der Waals surface area contributed by atoms with Crippen molar-refractivity contribution in [1.29, 1.82) is 0 Å². The van der Waals surface area contributed by atoms with Crippen LogP contribution in [0.25, 0.3) is 0 Å². The maximum absolute atomic E-state index is 11.9. The molecule has 0 fully saturated rings. The maximum atomic E-state index is 11.9. The average molecular weight is 326 g/mol. The van der Waals surface area contributed by atoms with E-state index in [0.29, 0.717) is 28.4 Å². The third kappa shape index (κ3) is 3.35. The van der Waals surface area contributed by atoms with Gasteiger partial charge in [0, 0.05) is 23.0 Å². The molecule has 7 heteroatoms. The number of nitrogens with one attached hydrogen (secondary N) is 2. The first kappa shape index (κ1) is 15.5. The largest absolute Gasteiger partial charge is 0.454 e. The van der Waals surface area contributed by atoms with Crippen LogP contribution >= 0.6 is 0 Å². The summed E-state index contributed by atoms with van der Waals surface area (Å²) in [6, 6.07) is 11.1. The number of ether oxygens (including phenoxy) is 2. The summed E-state index contributed by atoms with van der Waals surface area (Å²) in [7, 11) is 0. The van der Waals surface area contributed by atoms with Gasteiger partial charge in [-0.1, -0.05) is 0 Å². The third-order valence-electron chi connectivity index (χ3n) is 3.39. The highest BCUT2D eigenvalue weighted by Crippen LogP contribution is 2.34. The van der Waals surface area contributed by atoms with Gasteiger partial charge in [0.05, 0.1) is 0 Å². The van der Waals surface area contributed by atoms with Crippen molar-refractivity contribution in [2.45, 2.75) is 6.92 Å². The monoisotopic (exact) mass is 326 g/mol. The number of carbonyl (C=O) groups is 3. The van der Waals surface area contributed by atoms with Gasteiger partial charge in [-0.05, 0) is 43.3 Å². The van der Waals surface area contributed by atoms with Gasteiger partial charge in [0.2, 0.25) is 6.79 Å². The summed E-state index contributed by atoms with van der Waals surface area (Å²) in [5, 5.41) is 4.94. The molecule has 3 rings (SSSR count). The van der Waals surface area contributed by atoms with Crippen molar-refractivity contribution in [3.8, 4) is 11.5 Å². The molecule has 2 N–H and O–H groups in total. The first-order chi connectivity index (χ1) is 11.5. The van der Waals surface area contributed by atoms with Crippen LogP contribution in [0.15, 0.2) is 42.5 Å². The summed E-state index contributed by atoms with van der Waals surface area (Å²) in [5.74, 6) is -0.614. The highest BCUT2D eigenvalue weighted by Gasteiger charge is 2.17. The number of ketones is 1. The van der Waals surface area contributed by atoms with Crippen molar-refractivity contribution in [3.63, 3.8) is 0 Å². The second-order valence-corrected chi connectivity index (χ2v) is 5.11. The van der Waals surface area contributed by atoms with Gasteiger partial charge >= 0.3 is 11.8 Å².